The number of carbonyl (C=O) groups is 2. The van der Waals surface area contributed by atoms with E-state index in [0.29, 0.717) is 22.2 Å². The molecule has 3 heterocycles. The number of aromatic nitrogens is 4. The zero-order valence-corrected chi connectivity index (χ0v) is 17.5. The molecular formula is C18H20N4O3S2. The van der Waals surface area contributed by atoms with Crippen molar-refractivity contribution in [2.24, 2.45) is 0 Å². The van der Waals surface area contributed by atoms with Gasteiger partial charge in [0, 0.05) is 32.3 Å². The van der Waals surface area contributed by atoms with E-state index in [1.54, 1.807) is 15.9 Å². The van der Waals surface area contributed by atoms with Crippen LogP contribution in [0.2, 0.25) is 0 Å². The molecular weight excluding hydrogens is 384 g/mol. The second kappa shape index (κ2) is 7.77. The lowest BCUT2D eigenvalue weighted by atomic mass is 10.1. The molecule has 3 aromatic rings. The van der Waals surface area contributed by atoms with Gasteiger partial charge in [-0.2, -0.15) is 4.98 Å². The van der Waals surface area contributed by atoms with Crippen molar-refractivity contribution < 1.29 is 14.3 Å². The van der Waals surface area contributed by atoms with Crippen LogP contribution in [0, 0.1) is 27.7 Å². The lowest BCUT2D eigenvalue weighted by molar-refractivity contribution is -0.141. The second-order valence-electron chi connectivity index (χ2n) is 6.16. The van der Waals surface area contributed by atoms with Crippen LogP contribution in [0.3, 0.4) is 0 Å². The van der Waals surface area contributed by atoms with Crippen LogP contribution in [0.15, 0.2) is 11.2 Å². The summed E-state index contributed by atoms with van der Waals surface area (Å²) in [5.74, 6) is -0.149. The van der Waals surface area contributed by atoms with Gasteiger partial charge >= 0.3 is 5.97 Å². The smallest absolute Gasteiger partial charge is 0.310 e. The van der Waals surface area contributed by atoms with Crippen LogP contribution < -0.4 is 0 Å². The largest absolute Gasteiger partial charge is 0.457 e. The van der Waals surface area contributed by atoms with E-state index in [-0.39, 0.29) is 18.8 Å². The van der Waals surface area contributed by atoms with Crippen LogP contribution in [0.5, 0.6) is 0 Å². The van der Waals surface area contributed by atoms with Crippen molar-refractivity contribution in [1.82, 2.24) is 19.6 Å². The van der Waals surface area contributed by atoms with Gasteiger partial charge in [0.05, 0.1) is 6.42 Å². The first-order valence-corrected chi connectivity index (χ1v) is 10.4. The van der Waals surface area contributed by atoms with Crippen LogP contribution in [0.1, 0.15) is 37.1 Å². The maximum Gasteiger partial charge on any atom is 0.310 e. The Bertz CT molecular complexity index is 1040. The molecule has 142 valence electrons. The Hall–Kier alpha value is -2.26. The average molecular weight is 405 g/mol. The Morgan fingerprint density at radius 1 is 1.22 bits per heavy atom. The molecule has 3 rings (SSSR count). The van der Waals surface area contributed by atoms with Crippen molar-refractivity contribution in [2.45, 2.75) is 39.3 Å². The maximum absolute atomic E-state index is 12.3. The molecule has 7 nitrogen and oxygen atoms in total. The summed E-state index contributed by atoms with van der Waals surface area (Å²) in [7, 11) is 0. The van der Waals surface area contributed by atoms with E-state index >= 15 is 0 Å². The fourth-order valence-corrected chi connectivity index (χ4v) is 4.14. The van der Waals surface area contributed by atoms with Gasteiger partial charge < -0.3 is 4.74 Å². The highest BCUT2D eigenvalue weighted by molar-refractivity contribution is 7.98. The zero-order valence-electron chi connectivity index (χ0n) is 15.8. The Morgan fingerprint density at radius 3 is 2.59 bits per heavy atom. The van der Waals surface area contributed by atoms with Crippen LogP contribution in [-0.4, -0.2) is 44.2 Å². The number of aryl methyl sites for hydroxylation is 4. The molecule has 0 atom stereocenters. The number of ether oxygens (including phenoxy) is 1. The minimum absolute atomic E-state index is 0.0317. The predicted octanol–water partition coefficient (Wildman–Crippen LogP) is 3.11. The number of rotatable bonds is 6. The zero-order chi connectivity index (χ0) is 19.7. The second-order valence-corrected chi connectivity index (χ2v) is 8.39. The Labute approximate surface area is 165 Å². The number of thiophene rings is 1. The van der Waals surface area contributed by atoms with E-state index in [1.807, 2.05) is 40.0 Å². The number of fused-ring (bicyclic) bond motifs is 1. The standard InChI is InChI=1S/C18H20N4O3S2/c1-9-6-14(12(4)27-9)15(23)8-25-16(24)7-13-10(2)19-17-20-18(26-5)21-22(17)11(13)3/h6H,7-8H2,1-5H3. The van der Waals surface area contributed by atoms with Gasteiger partial charge in [0.15, 0.2) is 6.61 Å². The minimum atomic E-state index is -0.467. The van der Waals surface area contributed by atoms with Crippen molar-refractivity contribution in [3.05, 3.63) is 38.3 Å². The van der Waals surface area contributed by atoms with Crippen molar-refractivity contribution in [1.29, 1.82) is 0 Å². The van der Waals surface area contributed by atoms with E-state index in [1.165, 1.54) is 11.8 Å². The van der Waals surface area contributed by atoms with Crippen molar-refractivity contribution in [3.63, 3.8) is 0 Å². The summed E-state index contributed by atoms with van der Waals surface area (Å²) in [4.78, 5) is 35.3. The Morgan fingerprint density at radius 2 is 1.96 bits per heavy atom. The summed E-state index contributed by atoms with van der Waals surface area (Å²) in [6, 6.07) is 1.83. The molecule has 3 aromatic heterocycles. The van der Waals surface area contributed by atoms with Gasteiger partial charge in [-0.3, -0.25) is 9.59 Å². The normalized spacial score (nSPS) is 11.1. The van der Waals surface area contributed by atoms with Gasteiger partial charge in [0.2, 0.25) is 10.9 Å². The molecule has 0 radical (unpaired) electrons. The number of ketones is 1. The minimum Gasteiger partial charge on any atom is -0.457 e. The SMILES string of the molecule is CSc1nc2nc(C)c(CC(=O)OCC(=O)c3cc(C)sc3C)c(C)n2n1. The van der Waals surface area contributed by atoms with Crippen molar-refractivity contribution >= 4 is 40.6 Å². The maximum atomic E-state index is 12.3. The first-order valence-electron chi connectivity index (χ1n) is 8.32. The molecule has 27 heavy (non-hydrogen) atoms. The topological polar surface area (TPSA) is 86.5 Å². The summed E-state index contributed by atoms with van der Waals surface area (Å²) in [6.45, 7) is 7.27. The van der Waals surface area contributed by atoms with Gasteiger partial charge in [-0.25, -0.2) is 9.50 Å². The van der Waals surface area contributed by atoms with Gasteiger partial charge in [-0.1, -0.05) is 11.8 Å². The summed E-state index contributed by atoms with van der Waals surface area (Å²) in [5.41, 5.74) is 2.85. The molecule has 0 aliphatic rings. The first kappa shape index (κ1) is 19.5. The number of thioether (sulfide) groups is 1. The monoisotopic (exact) mass is 404 g/mol. The molecule has 0 aliphatic carbocycles. The van der Waals surface area contributed by atoms with Crippen molar-refractivity contribution in [3.8, 4) is 0 Å². The third-order valence-electron chi connectivity index (χ3n) is 4.24. The predicted molar refractivity (Wildman–Crippen MR) is 105 cm³/mol. The molecule has 9 heteroatoms. The van der Waals surface area contributed by atoms with Crippen LogP contribution in [-0.2, 0) is 16.0 Å². The first-order chi connectivity index (χ1) is 12.8. The number of nitrogens with zero attached hydrogens (tertiary/aromatic N) is 4. The van der Waals surface area contributed by atoms with Crippen molar-refractivity contribution in [2.75, 3.05) is 12.9 Å². The molecule has 0 aliphatic heterocycles. The van der Waals surface area contributed by atoms with Crippen LogP contribution in [0.25, 0.3) is 5.78 Å². The van der Waals surface area contributed by atoms with E-state index in [4.69, 9.17) is 4.74 Å². The van der Waals surface area contributed by atoms with E-state index in [9.17, 15) is 9.59 Å². The van der Waals surface area contributed by atoms with Gasteiger partial charge in [-0.15, -0.1) is 16.4 Å². The third kappa shape index (κ3) is 4.03. The number of hydrogen-bond acceptors (Lipinski definition) is 8. The Kier molecular flexibility index (Phi) is 5.61. The van der Waals surface area contributed by atoms with Crippen LogP contribution >= 0.6 is 23.1 Å². The molecule has 0 N–H and O–H groups in total. The average Bonchev–Trinajstić information content (AvgIpc) is 3.18. The molecule has 0 unspecified atom stereocenters. The molecule has 0 saturated carbocycles. The van der Waals surface area contributed by atoms with Gasteiger partial charge in [-0.05, 0) is 40.0 Å². The van der Waals surface area contributed by atoms with Gasteiger partial charge in [0.1, 0.15) is 0 Å². The molecule has 0 amide bonds. The molecule has 0 spiro atoms. The number of carbonyl (C=O) groups excluding carboxylic acids is 2. The van der Waals surface area contributed by atoms with Crippen LogP contribution in [0.4, 0.5) is 0 Å². The quantitative estimate of drug-likeness (QED) is 0.354. The highest BCUT2D eigenvalue weighted by atomic mass is 32.2. The lowest BCUT2D eigenvalue weighted by Crippen LogP contribution is -2.18. The number of Topliss-reactive ketones (excluding diaryl/α,β-unsaturated/α-hetero) is 1. The number of hydrogen-bond donors (Lipinski definition) is 0. The van der Waals surface area contributed by atoms with E-state index in [2.05, 4.69) is 15.1 Å². The highest BCUT2D eigenvalue weighted by Gasteiger charge is 2.18. The molecule has 0 saturated heterocycles. The highest BCUT2D eigenvalue weighted by Crippen LogP contribution is 2.21. The van der Waals surface area contributed by atoms with E-state index in [0.717, 1.165) is 21.0 Å². The molecule has 0 fully saturated rings. The summed E-state index contributed by atoms with van der Waals surface area (Å²) in [6.07, 6.45) is 1.92. The fraction of sp³-hybridized carbons (Fsp3) is 0.389. The Balaban J connectivity index is 1.72. The summed E-state index contributed by atoms with van der Waals surface area (Å²) < 4.78 is 6.84. The lowest BCUT2D eigenvalue weighted by Gasteiger charge is -2.10. The summed E-state index contributed by atoms with van der Waals surface area (Å²) >= 11 is 2.99. The summed E-state index contributed by atoms with van der Waals surface area (Å²) in [5, 5.41) is 4.99. The third-order valence-corrected chi connectivity index (χ3v) is 5.74. The fourth-order valence-electron chi connectivity index (χ4n) is 2.86. The van der Waals surface area contributed by atoms with E-state index < -0.39 is 5.97 Å². The molecule has 0 aromatic carbocycles. The van der Waals surface area contributed by atoms with Gasteiger partial charge in [0.25, 0.3) is 5.78 Å². The number of esters is 1. The molecule has 0 bridgehead atoms.